The Hall–Kier alpha value is -2.66. The molecule has 0 spiro atoms. The highest BCUT2D eigenvalue weighted by atomic mass is 32.3. The summed E-state index contributed by atoms with van der Waals surface area (Å²) in [5, 5.41) is 4.48. The van der Waals surface area contributed by atoms with E-state index in [1.54, 1.807) is 54.7 Å². The molecule has 2 N–H and O–H groups in total. The number of likely N-dealkylation sites (N-methyl/N-ethyl adjacent to an activating group) is 1. The van der Waals surface area contributed by atoms with Crippen LogP contribution in [0.1, 0.15) is 28.8 Å². The lowest BCUT2D eigenvalue weighted by Crippen LogP contribution is -2.51. The third-order valence-electron chi connectivity index (χ3n) is 7.37. The molecule has 1 aliphatic carbocycles. The molecule has 1 saturated heterocycles. The van der Waals surface area contributed by atoms with Crippen molar-refractivity contribution in [3.63, 3.8) is 0 Å². The van der Waals surface area contributed by atoms with Gasteiger partial charge in [-0.2, -0.15) is 34.4 Å². The molecule has 2 heterocycles. The number of likely N-dealkylation sites (tertiary alicyclic amines) is 1. The summed E-state index contributed by atoms with van der Waals surface area (Å²) in [5.74, 6) is 0.300. The fraction of sp³-hybridized carbons (Fsp3) is 0.423. The third-order valence-corrected chi connectivity index (χ3v) is 10.2. The summed E-state index contributed by atoms with van der Waals surface area (Å²) in [6.45, 7) is 4.65. The van der Waals surface area contributed by atoms with Crippen molar-refractivity contribution in [2.24, 2.45) is 11.8 Å². The minimum atomic E-state index is -4.67. The van der Waals surface area contributed by atoms with Crippen LogP contribution in [-0.2, 0) is 47.6 Å². The molecule has 2 aliphatic rings. The molecule has 0 radical (unpaired) electrons. The van der Waals surface area contributed by atoms with Crippen molar-refractivity contribution in [1.82, 2.24) is 14.1 Å². The Morgan fingerprint density at radius 2 is 1.41 bits per heavy atom. The normalized spacial score (nSPS) is 21.3. The predicted octanol–water partition coefficient (Wildman–Crippen LogP) is 2.52. The van der Waals surface area contributed by atoms with Crippen molar-refractivity contribution in [2.45, 2.75) is 48.9 Å². The molecule has 15 heteroatoms. The molecule has 1 aliphatic heterocycles. The van der Waals surface area contributed by atoms with Crippen molar-refractivity contribution in [1.29, 1.82) is 0 Å². The third kappa shape index (κ3) is 7.80. The average Bonchev–Trinajstić information content (AvgIpc) is 3.30. The van der Waals surface area contributed by atoms with Gasteiger partial charge in [0.25, 0.3) is 20.1 Å². The first-order chi connectivity index (χ1) is 19.0. The van der Waals surface area contributed by atoms with Crippen molar-refractivity contribution < 1.29 is 38.5 Å². The molecule has 2 aromatic carbocycles. The number of aryl methyl sites for hydroxylation is 2. The fourth-order valence-electron chi connectivity index (χ4n) is 5.36. The highest BCUT2D eigenvalue weighted by Gasteiger charge is 2.40. The highest BCUT2D eigenvalue weighted by molar-refractivity contribution is 7.89. The minimum absolute atomic E-state index is 0.0522. The van der Waals surface area contributed by atoms with Crippen LogP contribution in [0.4, 0.5) is 0 Å². The minimum Gasteiger partial charge on any atom is -0.302 e. The summed E-state index contributed by atoms with van der Waals surface area (Å²) in [6, 6.07) is 13.7. The average molecular weight is 628 g/mol. The smallest absolute Gasteiger partial charge is 0.302 e. The maximum Gasteiger partial charge on any atom is 0.394 e. The molecule has 5 rings (SSSR count). The van der Waals surface area contributed by atoms with Gasteiger partial charge >= 0.3 is 10.4 Å². The Labute approximate surface area is 240 Å². The van der Waals surface area contributed by atoms with Crippen LogP contribution in [0.25, 0.3) is 0 Å². The molecule has 1 fully saturated rings. The van der Waals surface area contributed by atoms with Gasteiger partial charge in [-0.15, -0.1) is 0 Å². The van der Waals surface area contributed by atoms with Gasteiger partial charge in [-0.05, 0) is 81.8 Å². The largest absolute Gasteiger partial charge is 0.394 e. The van der Waals surface area contributed by atoms with Crippen LogP contribution in [0, 0.1) is 25.7 Å². The van der Waals surface area contributed by atoms with E-state index in [9.17, 15) is 16.8 Å². The van der Waals surface area contributed by atoms with Gasteiger partial charge in [-0.1, -0.05) is 35.4 Å². The number of fused-ring (bicyclic) bond motifs is 2. The van der Waals surface area contributed by atoms with Gasteiger partial charge in [-0.3, -0.25) is 13.3 Å². The van der Waals surface area contributed by atoms with Crippen LogP contribution < -0.4 is 0 Å². The van der Waals surface area contributed by atoms with Gasteiger partial charge in [0, 0.05) is 18.8 Å². The van der Waals surface area contributed by atoms with Crippen molar-refractivity contribution in [3.05, 3.63) is 77.1 Å². The zero-order valence-electron chi connectivity index (χ0n) is 22.8. The summed E-state index contributed by atoms with van der Waals surface area (Å²) < 4.78 is 89.7. The van der Waals surface area contributed by atoms with Gasteiger partial charge in [0.05, 0.1) is 22.1 Å². The molecule has 3 atom stereocenters. The molecule has 1 aromatic heterocycles. The SMILES string of the molecule is Cc1ccc(S(=O)(=O)OCC2CC3Cc4nn(S(=O)(=O)c5ccc(C)cc5)cc4CC3N(C)C2)cc1.O=S(=O)(O)O. The first-order valence-corrected chi connectivity index (χ1v) is 17.0. The lowest BCUT2D eigenvalue weighted by molar-refractivity contribution is 0.0514. The Morgan fingerprint density at radius 3 is 1.98 bits per heavy atom. The van der Waals surface area contributed by atoms with E-state index in [1.165, 1.54) is 0 Å². The molecule has 0 bridgehead atoms. The van der Waals surface area contributed by atoms with Crippen molar-refractivity contribution >= 4 is 30.5 Å². The van der Waals surface area contributed by atoms with Gasteiger partial charge < -0.3 is 4.90 Å². The predicted molar refractivity (Wildman–Crippen MR) is 150 cm³/mol. The highest BCUT2D eigenvalue weighted by Crippen LogP contribution is 2.37. The maximum atomic E-state index is 13.1. The lowest BCUT2D eigenvalue weighted by atomic mass is 9.75. The van der Waals surface area contributed by atoms with E-state index in [-0.39, 0.29) is 34.3 Å². The second-order valence-electron chi connectivity index (χ2n) is 10.6. The quantitative estimate of drug-likeness (QED) is 0.304. The van der Waals surface area contributed by atoms with Gasteiger partial charge in [-0.25, -0.2) is 0 Å². The van der Waals surface area contributed by atoms with E-state index in [4.69, 9.17) is 21.7 Å². The molecule has 3 unspecified atom stereocenters. The summed E-state index contributed by atoms with van der Waals surface area (Å²) >= 11 is 0. The zero-order chi connectivity index (χ0) is 30.2. The molecular weight excluding hydrogens is 594 g/mol. The second-order valence-corrected chi connectivity index (χ2v) is 14.9. The van der Waals surface area contributed by atoms with E-state index in [0.717, 1.165) is 45.9 Å². The van der Waals surface area contributed by atoms with E-state index in [1.807, 2.05) is 20.9 Å². The van der Waals surface area contributed by atoms with Crippen LogP contribution in [0.2, 0.25) is 0 Å². The monoisotopic (exact) mass is 627 g/mol. The Kier molecular flexibility index (Phi) is 9.09. The lowest BCUT2D eigenvalue weighted by Gasteiger charge is -2.44. The van der Waals surface area contributed by atoms with E-state index >= 15 is 0 Å². The Balaban J connectivity index is 0.000000714. The van der Waals surface area contributed by atoms with Crippen LogP contribution >= 0.6 is 0 Å². The summed E-state index contributed by atoms with van der Waals surface area (Å²) in [5.41, 5.74) is 3.73. The van der Waals surface area contributed by atoms with Crippen LogP contribution in [0.15, 0.2) is 64.5 Å². The standard InChI is InChI=1S/C26H31N3O5S2.H2O4S/c1-18-4-8-23(9-5-18)35(30,31)29-16-22-14-26-21(13-25(22)27-29)12-20(15-28(26)3)17-34-36(32,33)24-10-6-19(2)7-11-24;1-5(2,3)4/h4-11,16,20-21,26H,12-15,17H2,1-3H3;(H2,1,2,3,4). The number of hydrogen-bond donors (Lipinski definition) is 2. The van der Waals surface area contributed by atoms with Crippen molar-refractivity contribution in [3.8, 4) is 0 Å². The van der Waals surface area contributed by atoms with Crippen molar-refractivity contribution in [2.75, 3.05) is 20.2 Å². The second kappa shape index (κ2) is 11.9. The van der Waals surface area contributed by atoms with Crippen LogP contribution in [0.3, 0.4) is 0 Å². The van der Waals surface area contributed by atoms with E-state index in [0.29, 0.717) is 6.42 Å². The number of piperidine rings is 1. The number of rotatable bonds is 6. The molecule has 0 saturated carbocycles. The molecule has 224 valence electrons. The van der Waals surface area contributed by atoms with Crippen LogP contribution in [0.5, 0.6) is 0 Å². The summed E-state index contributed by atoms with van der Waals surface area (Å²) in [6.07, 6.45) is 3.82. The number of aromatic nitrogens is 2. The van der Waals surface area contributed by atoms with E-state index < -0.39 is 30.5 Å². The number of nitrogens with zero attached hydrogens (tertiary/aromatic N) is 3. The fourth-order valence-corrected chi connectivity index (χ4v) is 7.51. The topological polar surface area (TPSA) is 173 Å². The Bertz CT molecular complexity index is 1690. The first-order valence-electron chi connectivity index (χ1n) is 12.8. The molecule has 0 amide bonds. The maximum absolute atomic E-state index is 13.1. The summed E-state index contributed by atoms with van der Waals surface area (Å²) in [7, 11) is -10.2. The van der Waals surface area contributed by atoms with Gasteiger partial charge in [0.2, 0.25) is 0 Å². The Morgan fingerprint density at radius 1 is 0.878 bits per heavy atom. The molecule has 12 nitrogen and oxygen atoms in total. The first kappa shape index (κ1) is 31.3. The summed E-state index contributed by atoms with van der Waals surface area (Å²) in [4.78, 5) is 2.63. The van der Waals surface area contributed by atoms with Crippen LogP contribution in [-0.4, -0.2) is 74.7 Å². The molecular formula is C26H33N3O9S3. The molecule has 3 aromatic rings. The number of hydrogen-bond acceptors (Lipinski definition) is 9. The molecule has 41 heavy (non-hydrogen) atoms. The van der Waals surface area contributed by atoms with Gasteiger partial charge in [0.1, 0.15) is 0 Å². The van der Waals surface area contributed by atoms with Gasteiger partial charge in [0.15, 0.2) is 0 Å². The number of benzene rings is 2. The zero-order valence-corrected chi connectivity index (χ0v) is 25.2. The van der Waals surface area contributed by atoms with E-state index in [2.05, 4.69) is 10.00 Å².